The normalized spacial score (nSPS) is 10.9. The maximum Gasteiger partial charge on any atom is 0.387 e. The molecule has 0 aromatic heterocycles. The molecule has 3 aromatic carbocycles. The average Bonchev–Trinajstić information content (AvgIpc) is 2.82. The van der Waals surface area contributed by atoms with Crippen LogP contribution in [0.2, 0.25) is 0 Å². The van der Waals surface area contributed by atoms with E-state index in [-0.39, 0.29) is 11.3 Å². The van der Waals surface area contributed by atoms with Gasteiger partial charge in [0.25, 0.3) is 0 Å². The number of carbonyl (C=O) groups is 1. The summed E-state index contributed by atoms with van der Waals surface area (Å²) in [5.41, 5.74) is 3.75. The van der Waals surface area contributed by atoms with E-state index >= 15 is 0 Å². The lowest BCUT2D eigenvalue weighted by Gasteiger charge is -2.08. The Labute approximate surface area is 194 Å². The molecular formula is C28H30F2O3. The van der Waals surface area contributed by atoms with Gasteiger partial charge in [-0.05, 0) is 65.9 Å². The molecule has 0 spiro atoms. The lowest BCUT2D eigenvalue weighted by atomic mass is 10.0. The summed E-state index contributed by atoms with van der Waals surface area (Å²) < 4.78 is 34.1. The summed E-state index contributed by atoms with van der Waals surface area (Å²) in [6.07, 6.45) is 8.89. The summed E-state index contributed by atoms with van der Waals surface area (Å²) >= 11 is 0. The predicted octanol–water partition coefficient (Wildman–Crippen LogP) is 8.08. The molecule has 0 aliphatic heterocycles. The zero-order chi connectivity index (χ0) is 23.5. The van der Waals surface area contributed by atoms with E-state index < -0.39 is 12.6 Å². The fraction of sp³-hybridized carbons (Fsp3) is 0.321. The van der Waals surface area contributed by atoms with Gasteiger partial charge in [-0.2, -0.15) is 8.78 Å². The Bertz CT molecular complexity index is 981. The van der Waals surface area contributed by atoms with E-state index in [1.54, 1.807) is 12.1 Å². The Kier molecular flexibility index (Phi) is 9.43. The van der Waals surface area contributed by atoms with Crippen LogP contribution in [0.3, 0.4) is 0 Å². The van der Waals surface area contributed by atoms with Crippen LogP contribution >= 0.6 is 0 Å². The SMILES string of the molecule is CCCCCCCCc1ccc(-c2ccc(OC(=O)c3ccc(OC(F)F)cc3)cc2)cc1. The Morgan fingerprint density at radius 1 is 0.727 bits per heavy atom. The first-order valence-corrected chi connectivity index (χ1v) is 11.5. The maximum absolute atomic E-state index is 12.3. The molecule has 3 aromatic rings. The monoisotopic (exact) mass is 452 g/mol. The van der Waals surface area contributed by atoms with Gasteiger partial charge in [-0.3, -0.25) is 0 Å². The van der Waals surface area contributed by atoms with Gasteiger partial charge in [0, 0.05) is 0 Å². The van der Waals surface area contributed by atoms with Crippen molar-refractivity contribution in [1.82, 2.24) is 0 Å². The van der Waals surface area contributed by atoms with Crippen LogP contribution in [0.15, 0.2) is 72.8 Å². The molecule has 0 aliphatic rings. The Morgan fingerprint density at radius 2 is 1.27 bits per heavy atom. The number of alkyl halides is 2. The number of hydrogen-bond acceptors (Lipinski definition) is 3. The van der Waals surface area contributed by atoms with E-state index in [1.807, 2.05) is 12.1 Å². The van der Waals surface area contributed by atoms with Crippen LogP contribution in [0.25, 0.3) is 11.1 Å². The highest BCUT2D eigenvalue weighted by Gasteiger charge is 2.10. The van der Waals surface area contributed by atoms with Crippen LogP contribution in [0.5, 0.6) is 11.5 Å². The summed E-state index contributed by atoms with van der Waals surface area (Å²) in [7, 11) is 0. The number of rotatable bonds is 12. The Hall–Kier alpha value is -3.21. The van der Waals surface area contributed by atoms with Gasteiger partial charge in [-0.25, -0.2) is 4.79 Å². The minimum atomic E-state index is -2.90. The number of ether oxygens (including phenoxy) is 2. The summed E-state index contributed by atoms with van der Waals surface area (Å²) in [4.78, 5) is 12.3. The first kappa shape index (κ1) is 24.4. The van der Waals surface area contributed by atoms with Crippen molar-refractivity contribution in [1.29, 1.82) is 0 Å². The highest BCUT2D eigenvalue weighted by atomic mass is 19.3. The number of aryl methyl sites for hydroxylation is 1. The molecule has 0 heterocycles. The van der Waals surface area contributed by atoms with Crippen molar-refractivity contribution in [3.8, 4) is 22.6 Å². The smallest absolute Gasteiger partial charge is 0.387 e. The molecule has 0 fully saturated rings. The minimum Gasteiger partial charge on any atom is -0.435 e. The van der Waals surface area contributed by atoms with Crippen molar-refractivity contribution in [2.45, 2.75) is 58.5 Å². The molecule has 0 aliphatic carbocycles. The molecule has 5 heteroatoms. The third kappa shape index (κ3) is 8.01. The van der Waals surface area contributed by atoms with Crippen molar-refractivity contribution in [2.75, 3.05) is 0 Å². The molecular weight excluding hydrogens is 422 g/mol. The molecule has 0 amide bonds. The fourth-order valence-electron chi connectivity index (χ4n) is 3.63. The minimum absolute atomic E-state index is 0.0103. The molecule has 3 rings (SSSR count). The molecule has 174 valence electrons. The van der Waals surface area contributed by atoms with Gasteiger partial charge in [0.05, 0.1) is 5.56 Å². The lowest BCUT2D eigenvalue weighted by molar-refractivity contribution is -0.0498. The number of esters is 1. The van der Waals surface area contributed by atoms with Gasteiger partial charge < -0.3 is 9.47 Å². The van der Waals surface area contributed by atoms with Crippen molar-refractivity contribution in [2.24, 2.45) is 0 Å². The molecule has 0 N–H and O–H groups in total. The van der Waals surface area contributed by atoms with Crippen LogP contribution in [0.1, 0.15) is 61.4 Å². The quantitative estimate of drug-likeness (QED) is 0.158. The second kappa shape index (κ2) is 12.7. The number of benzene rings is 3. The standard InChI is InChI=1S/C28H30F2O3/c1-2-3-4-5-6-7-8-21-9-11-22(12-10-21)23-13-17-25(18-14-23)32-27(31)24-15-19-26(20-16-24)33-28(29)30/h9-20,28H,2-8H2,1H3. The maximum atomic E-state index is 12.3. The zero-order valence-corrected chi connectivity index (χ0v) is 18.9. The van der Waals surface area contributed by atoms with E-state index in [4.69, 9.17) is 4.74 Å². The number of carbonyl (C=O) groups excluding carboxylic acids is 1. The van der Waals surface area contributed by atoms with E-state index in [1.165, 1.54) is 68.4 Å². The summed E-state index contributed by atoms with van der Waals surface area (Å²) in [6, 6.07) is 21.3. The predicted molar refractivity (Wildman–Crippen MR) is 127 cm³/mol. The van der Waals surface area contributed by atoms with Crippen LogP contribution in [0.4, 0.5) is 8.78 Å². The van der Waals surface area contributed by atoms with Crippen LogP contribution in [0, 0.1) is 0 Å². The number of hydrogen-bond donors (Lipinski definition) is 0. The van der Waals surface area contributed by atoms with E-state index in [2.05, 4.69) is 35.9 Å². The summed E-state index contributed by atoms with van der Waals surface area (Å²) in [5.74, 6) is -0.161. The van der Waals surface area contributed by atoms with Gasteiger partial charge in [0.2, 0.25) is 0 Å². The van der Waals surface area contributed by atoms with Crippen molar-refractivity contribution < 1.29 is 23.0 Å². The van der Waals surface area contributed by atoms with Gasteiger partial charge in [-0.1, -0.05) is 75.4 Å². The van der Waals surface area contributed by atoms with Crippen LogP contribution in [-0.2, 0) is 6.42 Å². The van der Waals surface area contributed by atoms with Gasteiger partial charge in [0.15, 0.2) is 0 Å². The average molecular weight is 453 g/mol. The molecule has 33 heavy (non-hydrogen) atoms. The molecule has 0 atom stereocenters. The molecule has 0 bridgehead atoms. The van der Waals surface area contributed by atoms with E-state index in [0.29, 0.717) is 5.75 Å². The largest absolute Gasteiger partial charge is 0.435 e. The second-order valence-electron chi connectivity index (χ2n) is 8.03. The first-order chi connectivity index (χ1) is 16.0. The molecule has 0 saturated carbocycles. The van der Waals surface area contributed by atoms with Crippen molar-refractivity contribution >= 4 is 5.97 Å². The fourth-order valence-corrected chi connectivity index (χ4v) is 3.63. The van der Waals surface area contributed by atoms with Crippen molar-refractivity contribution in [3.05, 3.63) is 83.9 Å². The molecule has 0 unspecified atom stereocenters. The molecule has 3 nitrogen and oxygen atoms in total. The van der Waals surface area contributed by atoms with Crippen molar-refractivity contribution in [3.63, 3.8) is 0 Å². The highest BCUT2D eigenvalue weighted by Crippen LogP contribution is 2.24. The van der Waals surface area contributed by atoms with Crippen LogP contribution in [-0.4, -0.2) is 12.6 Å². The van der Waals surface area contributed by atoms with E-state index in [0.717, 1.165) is 17.5 Å². The highest BCUT2D eigenvalue weighted by molar-refractivity contribution is 5.91. The van der Waals surface area contributed by atoms with Gasteiger partial charge in [0.1, 0.15) is 11.5 Å². The number of halogens is 2. The van der Waals surface area contributed by atoms with Crippen LogP contribution < -0.4 is 9.47 Å². The Balaban J connectivity index is 1.50. The summed E-state index contributed by atoms with van der Waals surface area (Å²) in [5, 5.41) is 0. The second-order valence-corrected chi connectivity index (χ2v) is 8.03. The Morgan fingerprint density at radius 3 is 1.88 bits per heavy atom. The van der Waals surface area contributed by atoms with E-state index in [9.17, 15) is 13.6 Å². The number of unbranched alkanes of at least 4 members (excludes halogenated alkanes) is 5. The van der Waals surface area contributed by atoms with Gasteiger partial charge in [-0.15, -0.1) is 0 Å². The first-order valence-electron chi connectivity index (χ1n) is 11.5. The molecule has 0 radical (unpaired) electrons. The molecule has 0 saturated heterocycles. The third-order valence-electron chi connectivity index (χ3n) is 5.49. The zero-order valence-electron chi connectivity index (χ0n) is 18.9. The topological polar surface area (TPSA) is 35.5 Å². The van der Waals surface area contributed by atoms with Gasteiger partial charge >= 0.3 is 12.6 Å². The lowest BCUT2D eigenvalue weighted by Crippen LogP contribution is -2.08. The third-order valence-corrected chi connectivity index (χ3v) is 5.49. The summed E-state index contributed by atoms with van der Waals surface area (Å²) in [6.45, 7) is -0.669.